The van der Waals surface area contributed by atoms with E-state index in [-0.39, 0.29) is 0 Å². The molecule has 0 bridgehead atoms. The van der Waals surface area contributed by atoms with Crippen molar-refractivity contribution < 1.29 is 4.74 Å². The van der Waals surface area contributed by atoms with Gasteiger partial charge in [-0.15, -0.1) is 0 Å². The second-order valence-electron chi connectivity index (χ2n) is 2.78. The SMILES string of the molecule is BC(C)COC(C)C. The van der Waals surface area contributed by atoms with Crippen LogP contribution < -0.4 is 0 Å². The first-order chi connectivity index (χ1) is 3.63. The Labute approximate surface area is 52.8 Å². The van der Waals surface area contributed by atoms with Gasteiger partial charge in [0, 0.05) is 6.61 Å². The van der Waals surface area contributed by atoms with Crippen LogP contribution in [0, 0.1) is 0 Å². The van der Waals surface area contributed by atoms with Crippen LogP contribution in [0.1, 0.15) is 20.8 Å². The van der Waals surface area contributed by atoms with Crippen molar-refractivity contribution in [1.29, 1.82) is 0 Å². The van der Waals surface area contributed by atoms with Gasteiger partial charge in [0.25, 0.3) is 0 Å². The summed E-state index contributed by atoms with van der Waals surface area (Å²) >= 11 is 0. The van der Waals surface area contributed by atoms with E-state index in [0.717, 1.165) is 6.61 Å². The van der Waals surface area contributed by atoms with Crippen LogP contribution in [0.4, 0.5) is 0 Å². The highest BCUT2D eigenvalue weighted by Gasteiger charge is 1.95. The molecule has 1 atom stereocenters. The molecular formula is C6H15BO. The van der Waals surface area contributed by atoms with Crippen molar-refractivity contribution in [3.05, 3.63) is 0 Å². The van der Waals surface area contributed by atoms with E-state index >= 15 is 0 Å². The molecule has 0 N–H and O–H groups in total. The third-order valence-corrected chi connectivity index (χ3v) is 0.763. The largest absolute Gasteiger partial charge is 0.379 e. The molecule has 0 rings (SSSR count). The average Bonchev–Trinajstić information content (AvgIpc) is 1.61. The number of ether oxygens (including phenoxy) is 1. The van der Waals surface area contributed by atoms with E-state index in [0.29, 0.717) is 11.9 Å². The van der Waals surface area contributed by atoms with Crippen LogP contribution in [0.5, 0.6) is 0 Å². The van der Waals surface area contributed by atoms with Gasteiger partial charge in [0.1, 0.15) is 7.85 Å². The maximum Gasteiger partial charge on any atom is 0.108 e. The first kappa shape index (κ1) is 8.02. The summed E-state index contributed by atoms with van der Waals surface area (Å²) in [4.78, 5) is 0. The van der Waals surface area contributed by atoms with Crippen LogP contribution in [0.25, 0.3) is 0 Å². The monoisotopic (exact) mass is 114 g/mol. The zero-order valence-corrected chi connectivity index (χ0v) is 6.27. The molecule has 0 saturated heterocycles. The Morgan fingerprint density at radius 3 is 2.00 bits per heavy atom. The predicted molar refractivity (Wildman–Crippen MR) is 39.1 cm³/mol. The molecule has 0 aliphatic carbocycles. The highest BCUT2D eigenvalue weighted by atomic mass is 16.5. The van der Waals surface area contributed by atoms with Crippen LogP contribution >= 0.6 is 0 Å². The standard InChI is InChI=1S/C6H15BO/c1-5(2)8-4-6(3)7/h5-6H,4,7H2,1-3H3. The lowest BCUT2D eigenvalue weighted by atomic mass is 9.91. The molecule has 1 unspecified atom stereocenters. The van der Waals surface area contributed by atoms with Crippen molar-refractivity contribution in [3.63, 3.8) is 0 Å². The molecule has 0 aliphatic heterocycles. The van der Waals surface area contributed by atoms with Gasteiger partial charge in [-0.1, -0.05) is 6.92 Å². The molecule has 0 amide bonds. The molecule has 8 heavy (non-hydrogen) atoms. The highest BCUT2D eigenvalue weighted by molar-refractivity contribution is 6.11. The third-order valence-electron chi connectivity index (χ3n) is 0.763. The van der Waals surface area contributed by atoms with Crippen molar-refractivity contribution in [3.8, 4) is 0 Å². The summed E-state index contributed by atoms with van der Waals surface area (Å²) < 4.78 is 5.30. The van der Waals surface area contributed by atoms with Crippen LogP contribution in [-0.2, 0) is 4.74 Å². The Kier molecular flexibility index (Phi) is 3.97. The van der Waals surface area contributed by atoms with E-state index in [9.17, 15) is 0 Å². The van der Waals surface area contributed by atoms with Crippen LogP contribution in [0.2, 0.25) is 5.82 Å². The van der Waals surface area contributed by atoms with E-state index in [1.54, 1.807) is 0 Å². The van der Waals surface area contributed by atoms with Crippen molar-refractivity contribution in [2.75, 3.05) is 6.61 Å². The lowest BCUT2D eigenvalue weighted by Crippen LogP contribution is -2.06. The van der Waals surface area contributed by atoms with Gasteiger partial charge in [-0.25, -0.2) is 0 Å². The van der Waals surface area contributed by atoms with Gasteiger partial charge in [0.2, 0.25) is 0 Å². The van der Waals surface area contributed by atoms with Gasteiger partial charge < -0.3 is 4.74 Å². The fraction of sp³-hybridized carbons (Fsp3) is 1.00. The summed E-state index contributed by atoms with van der Waals surface area (Å²) in [5, 5.41) is 0. The fourth-order valence-electron chi connectivity index (χ4n) is 0.385. The Hall–Kier alpha value is 0.0249. The predicted octanol–water partition coefficient (Wildman–Crippen LogP) is 0.853. The van der Waals surface area contributed by atoms with Crippen molar-refractivity contribution >= 4 is 7.85 Å². The first-order valence-corrected chi connectivity index (χ1v) is 3.24. The Balaban J connectivity index is 2.93. The maximum atomic E-state index is 5.30. The van der Waals surface area contributed by atoms with Gasteiger partial charge in [-0.3, -0.25) is 0 Å². The molecule has 0 aromatic carbocycles. The van der Waals surface area contributed by atoms with Gasteiger partial charge in [-0.2, -0.15) is 0 Å². The van der Waals surface area contributed by atoms with E-state index in [4.69, 9.17) is 4.74 Å². The summed E-state index contributed by atoms with van der Waals surface area (Å²) in [7, 11) is 2.16. The third kappa shape index (κ3) is 6.02. The second kappa shape index (κ2) is 3.96. The molecule has 1 nitrogen and oxygen atoms in total. The van der Waals surface area contributed by atoms with Gasteiger partial charge in [0.05, 0.1) is 6.10 Å². The molecule has 0 aromatic heterocycles. The summed E-state index contributed by atoms with van der Waals surface area (Å²) in [6.07, 6.45) is 0.386. The molecule has 48 valence electrons. The summed E-state index contributed by atoms with van der Waals surface area (Å²) in [6.45, 7) is 7.16. The summed E-state index contributed by atoms with van der Waals surface area (Å²) in [5.74, 6) is 0.664. The Bertz CT molecular complexity index is 44.5. The van der Waals surface area contributed by atoms with E-state index in [1.165, 1.54) is 0 Å². The van der Waals surface area contributed by atoms with E-state index in [1.807, 2.05) is 0 Å². The van der Waals surface area contributed by atoms with Gasteiger partial charge >= 0.3 is 0 Å². The lowest BCUT2D eigenvalue weighted by Gasteiger charge is -2.08. The summed E-state index contributed by atoms with van der Waals surface area (Å²) in [5.41, 5.74) is 0. The topological polar surface area (TPSA) is 9.23 Å². The van der Waals surface area contributed by atoms with Crippen molar-refractivity contribution in [2.45, 2.75) is 32.7 Å². The molecule has 2 heteroatoms. The van der Waals surface area contributed by atoms with Crippen LogP contribution in [-0.4, -0.2) is 20.6 Å². The molecular weight excluding hydrogens is 98.9 g/mol. The smallest absolute Gasteiger partial charge is 0.108 e. The first-order valence-electron chi connectivity index (χ1n) is 3.24. The molecule has 0 aromatic rings. The molecule has 0 spiro atoms. The minimum Gasteiger partial charge on any atom is -0.379 e. The minimum atomic E-state index is 0.386. The van der Waals surface area contributed by atoms with Crippen molar-refractivity contribution in [1.82, 2.24) is 0 Å². The minimum absolute atomic E-state index is 0.386. The molecule has 0 fully saturated rings. The molecule has 0 saturated carbocycles. The maximum absolute atomic E-state index is 5.30. The van der Waals surface area contributed by atoms with Crippen LogP contribution in [0.15, 0.2) is 0 Å². The van der Waals surface area contributed by atoms with Gasteiger partial charge in [0.15, 0.2) is 0 Å². The van der Waals surface area contributed by atoms with E-state index in [2.05, 4.69) is 28.6 Å². The Morgan fingerprint density at radius 1 is 1.38 bits per heavy atom. The fourth-order valence-corrected chi connectivity index (χ4v) is 0.385. The average molecular weight is 114 g/mol. The number of hydrogen-bond acceptors (Lipinski definition) is 1. The van der Waals surface area contributed by atoms with Gasteiger partial charge in [-0.05, 0) is 19.7 Å². The van der Waals surface area contributed by atoms with Crippen molar-refractivity contribution in [2.24, 2.45) is 0 Å². The summed E-state index contributed by atoms with van der Waals surface area (Å²) in [6, 6.07) is 0. The molecule has 0 aliphatic rings. The second-order valence-corrected chi connectivity index (χ2v) is 2.78. The number of hydrogen-bond donors (Lipinski definition) is 0. The Morgan fingerprint density at radius 2 is 1.88 bits per heavy atom. The zero-order valence-electron chi connectivity index (χ0n) is 6.27. The van der Waals surface area contributed by atoms with Crippen LogP contribution in [0.3, 0.4) is 0 Å². The normalized spacial score (nSPS) is 14.5. The molecule has 0 heterocycles. The van der Waals surface area contributed by atoms with E-state index < -0.39 is 0 Å². The number of rotatable bonds is 3. The quantitative estimate of drug-likeness (QED) is 0.494. The lowest BCUT2D eigenvalue weighted by molar-refractivity contribution is 0.0798. The zero-order chi connectivity index (χ0) is 6.57. The highest BCUT2D eigenvalue weighted by Crippen LogP contribution is 1.97. The molecule has 0 radical (unpaired) electrons.